The molecule has 0 aliphatic rings. The zero-order valence-corrected chi connectivity index (χ0v) is 14.2. The molecule has 1 N–H and O–H groups in total. The first-order valence-corrected chi connectivity index (χ1v) is 9.11. The predicted molar refractivity (Wildman–Crippen MR) is 88.2 cm³/mol. The average Bonchev–Trinajstić information content (AvgIpc) is 2.51. The van der Waals surface area contributed by atoms with Gasteiger partial charge in [-0.3, -0.25) is 0 Å². The van der Waals surface area contributed by atoms with Crippen molar-refractivity contribution < 1.29 is 14.9 Å². The quantitative estimate of drug-likeness (QED) is 0.225. The Hall–Kier alpha value is -0.570. The second-order valence-electron chi connectivity index (χ2n) is 6.22. The smallest absolute Gasteiger partial charge is 0.301 e. The highest BCUT2D eigenvalue weighted by Crippen LogP contribution is 2.20. The van der Waals surface area contributed by atoms with Gasteiger partial charge in [0, 0.05) is 0 Å². The monoisotopic (exact) mass is 300 g/mol. The third-order valence-corrected chi connectivity index (χ3v) is 4.24. The highest BCUT2D eigenvalue weighted by atomic mass is 17.1. The summed E-state index contributed by atoms with van der Waals surface area (Å²) in [4.78, 5) is 15.5. The molecule has 0 spiro atoms. The zero-order chi connectivity index (χ0) is 15.8. The largest absolute Gasteiger partial charge is 0.345 e. The Bertz CT molecular complexity index is 229. The highest BCUT2D eigenvalue weighted by molar-refractivity contribution is 5.71. The first kappa shape index (κ1) is 20.4. The van der Waals surface area contributed by atoms with Crippen LogP contribution in [-0.4, -0.2) is 11.2 Å². The van der Waals surface area contributed by atoms with E-state index in [1.807, 2.05) is 0 Å². The maximum Gasteiger partial charge on any atom is 0.345 e. The van der Waals surface area contributed by atoms with Crippen LogP contribution in [0.2, 0.25) is 0 Å². The van der Waals surface area contributed by atoms with E-state index in [2.05, 4.69) is 18.7 Å². The molecular formula is C18H36O3. The van der Waals surface area contributed by atoms with Crippen molar-refractivity contribution in [3.05, 3.63) is 0 Å². The fourth-order valence-corrected chi connectivity index (χ4v) is 2.80. The van der Waals surface area contributed by atoms with Crippen LogP contribution in [0.25, 0.3) is 0 Å². The minimum absolute atomic E-state index is 0.105. The molecule has 1 unspecified atom stereocenters. The van der Waals surface area contributed by atoms with Crippen LogP contribution < -0.4 is 0 Å². The number of hydrogen-bond acceptors (Lipinski definition) is 3. The Balaban J connectivity index is 3.64. The standard InChI is InChI=1S/C18H36O3/c1-3-5-7-9-10-11-12-14-16-17(18(19)21-20)15-13-8-6-4-2/h17,20H,3-16H2,1-2H3. The van der Waals surface area contributed by atoms with Gasteiger partial charge in [0.25, 0.3) is 0 Å². The molecule has 0 aliphatic carbocycles. The Morgan fingerprint density at radius 2 is 1.14 bits per heavy atom. The van der Waals surface area contributed by atoms with E-state index in [1.54, 1.807) is 0 Å². The summed E-state index contributed by atoms with van der Waals surface area (Å²) in [5, 5.41) is 8.58. The predicted octanol–water partition coefficient (Wildman–Crippen LogP) is 6.12. The molecule has 0 aromatic rings. The second kappa shape index (κ2) is 15.8. The fourth-order valence-electron chi connectivity index (χ4n) is 2.80. The first-order chi connectivity index (χ1) is 10.3. The van der Waals surface area contributed by atoms with E-state index in [0.717, 1.165) is 25.7 Å². The molecule has 21 heavy (non-hydrogen) atoms. The molecule has 0 heterocycles. The minimum Gasteiger partial charge on any atom is -0.301 e. The molecule has 126 valence electrons. The van der Waals surface area contributed by atoms with E-state index < -0.39 is 5.97 Å². The van der Waals surface area contributed by atoms with E-state index in [-0.39, 0.29) is 5.92 Å². The summed E-state index contributed by atoms with van der Waals surface area (Å²) in [6.07, 6.45) is 16.5. The van der Waals surface area contributed by atoms with Crippen LogP contribution in [0.15, 0.2) is 0 Å². The summed E-state index contributed by atoms with van der Waals surface area (Å²) in [5.41, 5.74) is 0. The van der Waals surface area contributed by atoms with E-state index in [0.29, 0.717) is 0 Å². The number of carbonyl (C=O) groups is 1. The van der Waals surface area contributed by atoms with Crippen molar-refractivity contribution in [1.82, 2.24) is 0 Å². The SMILES string of the molecule is CCCCCCCCCCC(CCCCCC)C(=O)OO. The van der Waals surface area contributed by atoms with Crippen LogP contribution >= 0.6 is 0 Å². The summed E-state index contributed by atoms with van der Waals surface area (Å²) < 4.78 is 0. The van der Waals surface area contributed by atoms with Crippen LogP contribution in [0.3, 0.4) is 0 Å². The lowest BCUT2D eigenvalue weighted by atomic mass is 9.94. The van der Waals surface area contributed by atoms with E-state index >= 15 is 0 Å². The molecule has 3 heteroatoms. The maximum atomic E-state index is 11.5. The van der Waals surface area contributed by atoms with E-state index in [9.17, 15) is 4.79 Å². The molecule has 0 radical (unpaired) electrons. The van der Waals surface area contributed by atoms with Crippen molar-refractivity contribution in [3.63, 3.8) is 0 Å². The number of rotatable bonds is 15. The van der Waals surface area contributed by atoms with Crippen molar-refractivity contribution in [2.75, 3.05) is 0 Å². The molecular weight excluding hydrogens is 264 g/mol. The molecule has 3 nitrogen and oxygen atoms in total. The Morgan fingerprint density at radius 1 is 0.762 bits per heavy atom. The van der Waals surface area contributed by atoms with Gasteiger partial charge in [-0.05, 0) is 12.8 Å². The number of hydrogen-bond donors (Lipinski definition) is 1. The fraction of sp³-hybridized carbons (Fsp3) is 0.944. The lowest BCUT2D eigenvalue weighted by Gasteiger charge is -2.13. The summed E-state index contributed by atoms with van der Waals surface area (Å²) >= 11 is 0. The topological polar surface area (TPSA) is 46.5 Å². The third-order valence-electron chi connectivity index (χ3n) is 4.24. The van der Waals surface area contributed by atoms with Gasteiger partial charge in [0.1, 0.15) is 0 Å². The molecule has 0 aliphatic heterocycles. The number of unbranched alkanes of at least 4 members (excludes halogenated alkanes) is 10. The zero-order valence-electron chi connectivity index (χ0n) is 14.2. The van der Waals surface area contributed by atoms with Crippen LogP contribution in [0.5, 0.6) is 0 Å². The van der Waals surface area contributed by atoms with Gasteiger partial charge in [-0.25, -0.2) is 4.79 Å². The summed E-state index contributed by atoms with van der Waals surface area (Å²) in [5.74, 6) is -0.540. The molecule has 0 fully saturated rings. The van der Waals surface area contributed by atoms with Gasteiger partial charge in [0.15, 0.2) is 0 Å². The van der Waals surface area contributed by atoms with Crippen LogP contribution in [0.1, 0.15) is 104 Å². The molecule has 0 aromatic heterocycles. The molecule has 0 saturated heterocycles. The molecule has 0 bridgehead atoms. The van der Waals surface area contributed by atoms with Gasteiger partial charge in [-0.2, -0.15) is 5.26 Å². The van der Waals surface area contributed by atoms with Crippen LogP contribution in [0.4, 0.5) is 0 Å². The maximum absolute atomic E-state index is 11.5. The lowest BCUT2D eigenvalue weighted by Crippen LogP contribution is -2.16. The van der Waals surface area contributed by atoms with Crippen molar-refractivity contribution in [3.8, 4) is 0 Å². The highest BCUT2D eigenvalue weighted by Gasteiger charge is 2.19. The Kier molecular flexibility index (Phi) is 15.4. The summed E-state index contributed by atoms with van der Waals surface area (Å²) in [7, 11) is 0. The van der Waals surface area contributed by atoms with Crippen molar-refractivity contribution in [1.29, 1.82) is 0 Å². The minimum atomic E-state index is -0.436. The summed E-state index contributed by atoms with van der Waals surface area (Å²) in [6.45, 7) is 4.42. The molecule has 0 rings (SSSR count). The molecule has 0 amide bonds. The van der Waals surface area contributed by atoms with Gasteiger partial charge in [0.2, 0.25) is 0 Å². The second-order valence-corrected chi connectivity index (χ2v) is 6.22. The third kappa shape index (κ3) is 12.9. The average molecular weight is 300 g/mol. The van der Waals surface area contributed by atoms with Gasteiger partial charge in [-0.1, -0.05) is 90.9 Å². The molecule has 1 atom stereocenters. The van der Waals surface area contributed by atoms with Crippen LogP contribution in [0, 0.1) is 5.92 Å². The Morgan fingerprint density at radius 3 is 1.57 bits per heavy atom. The number of carbonyl (C=O) groups excluding carboxylic acids is 1. The Labute approximate surface area is 131 Å². The van der Waals surface area contributed by atoms with E-state index in [1.165, 1.54) is 64.2 Å². The van der Waals surface area contributed by atoms with Gasteiger partial charge in [-0.15, -0.1) is 0 Å². The van der Waals surface area contributed by atoms with Crippen molar-refractivity contribution >= 4 is 5.97 Å². The van der Waals surface area contributed by atoms with Crippen LogP contribution in [-0.2, 0) is 9.68 Å². The van der Waals surface area contributed by atoms with Gasteiger partial charge >= 0.3 is 5.97 Å². The van der Waals surface area contributed by atoms with E-state index in [4.69, 9.17) is 5.26 Å². The molecule has 0 aromatic carbocycles. The summed E-state index contributed by atoms with van der Waals surface area (Å²) in [6, 6.07) is 0. The van der Waals surface area contributed by atoms with Gasteiger partial charge in [0.05, 0.1) is 5.92 Å². The van der Waals surface area contributed by atoms with Crippen molar-refractivity contribution in [2.45, 2.75) is 104 Å². The first-order valence-electron chi connectivity index (χ1n) is 9.11. The lowest BCUT2D eigenvalue weighted by molar-refractivity contribution is -0.239. The normalized spacial score (nSPS) is 12.3. The van der Waals surface area contributed by atoms with Gasteiger partial charge < -0.3 is 4.89 Å². The molecule has 0 saturated carbocycles. The van der Waals surface area contributed by atoms with Crippen molar-refractivity contribution in [2.24, 2.45) is 5.92 Å².